The van der Waals surface area contributed by atoms with Crippen molar-refractivity contribution in [1.82, 2.24) is 15.3 Å². The lowest BCUT2D eigenvalue weighted by atomic mass is 10.2. The molecular weight excluding hydrogens is 200 g/mol. The highest BCUT2D eigenvalue weighted by molar-refractivity contribution is 5.91. The second kappa shape index (κ2) is 4.06. The molecule has 1 N–H and O–H groups in total. The van der Waals surface area contributed by atoms with E-state index in [0.29, 0.717) is 0 Å². The Morgan fingerprint density at radius 3 is 2.88 bits per heavy atom. The Balaban J connectivity index is 2.08. The molecule has 1 saturated heterocycles. The zero-order valence-electron chi connectivity index (χ0n) is 9.06. The first-order valence-electron chi connectivity index (χ1n) is 5.59. The maximum absolute atomic E-state index is 4.50. The first kappa shape index (κ1) is 9.54. The fraction of sp³-hybridized carbons (Fsp3) is 0.333. The van der Waals surface area contributed by atoms with E-state index in [0.717, 1.165) is 37.4 Å². The molecule has 1 aliphatic heterocycles. The van der Waals surface area contributed by atoms with Gasteiger partial charge in [0.25, 0.3) is 0 Å². The zero-order valence-corrected chi connectivity index (χ0v) is 9.06. The molecule has 0 spiro atoms. The Morgan fingerprint density at radius 1 is 1.12 bits per heavy atom. The van der Waals surface area contributed by atoms with Crippen molar-refractivity contribution in [2.45, 2.75) is 0 Å². The second-order valence-corrected chi connectivity index (χ2v) is 3.97. The van der Waals surface area contributed by atoms with Gasteiger partial charge in [-0.1, -0.05) is 0 Å². The van der Waals surface area contributed by atoms with Crippen LogP contribution in [0.4, 0.5) is 5.82 Å². The summed E-state index contributed by atoms with van der Waals surface area (Å²) in [6, 6.07) is 4.05. The van der Waals surface area contributed by atoms with Crippen LogP contribution in [-0.2, 0) is 0 Å². The van der Waals surface area contributed by atoms with E-state index in [9.17, 15) is 0 Å². The molecule has 3 heterocycles. The van der Waals surface area contributed by atoms with E-state index >= 15 is 0 Å². The molecule has 2 aromatic rings. The lowest BCUT2D eigenvalue weighted by molar-refractivity contribution is 0.586. The van der Waals surface area contributed by atoms with E-state index in [1.54, 1.807) is 0 Å². The van der Waals surface area contributed by atoms with E-state index in [4.69, 9.17) is 0 Å². The van der Waals surface area contributed by atoms with Crippen LogP contribution in [0.5, 0.6) is 0 Å². The number of fused-ring (bicyclic) bond motifs is 1. The number of hydrogen-bond acceptors (Lipinski definition) is 4. The second-order valence-electron chi connectivity index (χ2n) is 3.97. The van der Waals surface area contributed by atoms with Gasteiger partial charge in [-0.25, -0.2) is 4.98 Å². The van der Waals surface area contributed by atoms with Crippen LogP contribution in [0.15, 0.2) is 30.7 Å². The summed E-state index contributed by atoms with van der Waals surface area (Å²) in [4.78, 5) is 11.0. The number of aromatic nitrogens is 2. The Kier molecular flexibility index (Phi) is 2.42. The zero-order chi connectivity index (χ0) is 10.8. The third kappa shape index (κ3) is 1.61. The fourth-order valence-corrected chi connectivity index (χ4v) is 2.13. The van der Waals surface area contributed by atoms with Crippen molar-refractivity contribution in [1.29, 1.82) is 0 Å². The van der Waals surface area contributed by atoms with Crippen molar-refractivity contribution >= 4 is 16.6 Å². The number of nitrogens with zero attached hydrogens (tertiary/aromatic N) is 3. The molecule has 0 amide bonds. The van der Waals surface area contributed by atoms with E-state index in [-0.39, 0.29) is 0 Å². The van der Waals surface area contributed by atoms with Gasteiger partial charge in [0.05, 0.1) is 0 Å². The first-order chi connectivity index (χ1) is 7.95. The quantitative estimate of drug-likeness (QED) is 0.770. The van der Waals surface area contributed by atoms with Gasteiger partial charge in [-0.05, 0) is 12.1 Å². The molecule has 0 aromatic carbocycles. The Hall–Kier alpha value is -1.68. The van der Waals surface area contributed by atoms with Crippen LogP contribution in [-0.4, -0.2) is 36.1 Å². The van der Waals surface area contributed by atoms with Gasteiger partial charge in [0.2, 0.25) is 0 Å². The van der Waals surface area contributed by atoms with E-state index in [1.165, 1.54) is 5.39 Å². The molecule has 0 unspecified atom stereocenters. The molecule has 0 bridgehead atoms. The van der Waals surface area contributed by atoms with E-state index < -0.39 is 0 Å². The van der Waals surface area contributed by atoms with Gasteiger partial charge >= 0.3 is 0 Å². The van der Waals surface area contributed by atoms with Crippen molar-refractivity contribution in [3.63, 3.8) is 0 Å². The summed E-state index contributed by atoms with van der Waals surface area (Å²) in [6.07, 6.45) is 5.58. The average Bonchev–Trinajstić information content (AvgIpc) is 2.39. The van der Waals surface area contributed by atoms with E-state index in [1.807, 2.05) is 30.7 Å². The highest BCUT2D eigenvalue weighted by Gasteiger charge is 2.13. The monoisotopic (exact) mass is 214 g/mol. The summed E-state index contributed by atoms with van der Waals surface area (Å²) in [7, 11) is 0. The summed E-state index contributed by atoms with van der Waals surface area (Å²) in [5, 5.41) is 5.70. The molecule has 82 valence electrons. The number of anilines is 1. The first-order valence-corrected chi connectivity index (χ1v) is 5.59. The van der Waals surface area contributed by atoms with Crippen LogP contribution in [0.1, 0.15) is 0 Å². The van der Waals surface area contributed by atoms with Gasteiger partial charge in [0.15, 0.2) is 0 Å². The fourth-order valence-electron chi connectivity index (χ4n) is 2.13. The molecule has 0 radical (unpaired) electrons. The lowest BCUT2D eigenvalue weighted by Gasteiger charge is -2.29. The summed E-state index contributed by atoms with van der Waals surface area (Å²) in [6.45, 7) is 4.11. The lowest BCUT2D eigenvalue weighted by Crippen LogP contribution is -2.43. The molecule has 0 saturated carbocycles. The third-order valence-corrected chi connectivity index (χ3v) is 2.96. The molecule has 16 heavy (non-hydrogen) atoms. The molecule has 1 fully saturated rings. The van der Waals surface area contributed by atoms with Gasteiger partial charge in [-0.2, -0.15) is 0 Å². The minimum Gasteiger partial charge on any atom is -0.354 e. The maximum Gasteiger partial charge on any atom is 0.136 e. The average molecular weight is 214 g/mol. The minimum atomic E-state index is 1.02. The summed E-state index contributed by atoms with van der Waals surface area (Å²) < 4.78 is 0. The van der Waals surface area contributed by atoms with Gasteiger partial charge in [-0.15, -0.1) is 0 Å². The molecule has 3 rings (SSSR count). The number of pyridine rings is 2. The molecule has 2 aromatic heterocycles. The minimum absolute atomic E-state index is 1.02. The van der Waals surface area contributed by atoms with Crippen molar-refractivity contribution < 1.29 is 0 Å². The maximum atomic E-state index is 4.50. The number of rotatable bonds is 1. The predicted octanol–water partition coefficient (Wildman–Crippen LogP) is 1.04. The number of hydrogen-bond donors (Lipinski definition) is 1. The van der Waals surface area contributed by atoms with Gasteiger partial charge in [0.1, 0.15) is 5.82 Å². The molecule has 4 nitrogen and oxygen atoms in total. The number of piperazine rings is 1. The van der Waals surface area contributed by atoms with Crippen molar-refractivity contribution in [3.05, 3.63) is 30.7 Å². The summed E-state index contributed by atoms with van der Waals surface area (Å²) in [5.41, 5.74) is 0. The predicted molar refractivity (Wildman–Crippen MR) is 64.6 cm³/mol. The SMILES string of the molecule is c1cc2c(N3CCNCC3)nccc2cn1. The van der Waals surface area contributed by atoms with Crippen molar-refractivity contribution in [2.24, 2.45) is 0 Å². The van der Waals surface area contributed by atoms with Gasteiger partial charge < -0.3 is 10.2 Å². The van der Waals surface area contributed by atoms with Crippen LogP contribution >= 0.6 is 0 Å². The van der Waals surface area contributed by atoms with Crippen LogP contribution in [0.2, 0.25) is 0 Å². The summed E-state index contributed by atoms with van der Waals surface area (Å²) in [5.74, 6) is 1.08. The van der Waals surface area contributed by atoms with E-state index in [2.05, 4.69) is 20.2 Å². The van der Waals surface area contributed by atoms with Crippen molar-refractivity contribution in [2.75, 3.05) is 31.1 Å². The molecular formula is C12H14N4. The molecule has 4 heteroatoms. The van der Waals surface area contributed by atoms with Crippen molar-refractivity contribution in [3.8, 4) is 0 Å². The van der Waals surface area contributed by atoms with Crippen LogP contribution in [0.25, 0.3) is 10.8 Å². The van der Waals surface area contributed by atoms with Gasteiger partial charge in [-0.3, -0.25) is 4.98 Å². The Labute approximate surface area is 94.3 Å². The standard InChI is InChI=1S/C12H14N4/c1-4-15-12(16-7-5-13-6-8-16)11-2-3-14-9-10(1)11/h1-4,9,13H,5-8H2. The van der Waals surface area contributed by atoms with Crippen LogP contribution in [0, 0.1) is 0 Å². The molecule has 1 aliphatic rings. The largest absolute Gasteiger partial charge is 0.354 e. The topological polar surface area (TPSA) is 41.0 Å². The highest BCUT2D eigenvalue weighted by Crippen LogP contribution is 2.23. The summed E-state index contributed by atoms with van der Waals surface area (Å²) >= 11 is 0. The Morgan fingerprint density at radius 2 is 2.00 bits per heavy atom. The normalized spacial score (nSPS) is 16.6. The molecule has 0 atom stereocenters. The molecule has 0 aliphatic carbocycles. The number of nitrogens with one attached hydrogen (secondary N) is 1. The highest BCUT2D eigenvalue weighted by atomic mass is 15.2. The van der Waals surface area contributed by atoms with Gasteiger partial charge in [0, 0.05) is 55.5 Å². The smallest absolute Gasteiger partial charge is 0.136 e. The third-order valence-electron chi connectivity index (χ3n) is 2.96. The Bertz CT molecular complexity index is 486. The van der Waals surface area contributed by atoms with Crippen LogP contribution < -0.4 is 10.2 Å². The van der Waals surface area contributed by atoms with Crippen LogP contribution in [0.3, 0.4) is 0 Å².